The summed E-state index contributed by atoms with van der Waals surface area (Å²) in [5.74, 6) is 1.27. The van der Waals surface area contributed by atoms with Gasteiger partial charge in [0.15, 0.2) is 0 Å². The first kappa shape index (κ1) is 23.1. The zero-order valence-corrected chi connectivity index (χ0v) is 19.6. The van der Waals surface area contributed by atoms with Crippen LogP contribution in [-0.4, -0.2) is 36.2 Å². The number of nitrogens with one attached hydrogen (secondary N) is 1. The Morgan fingerprint density at radius 3 is 2.45 bits per heavy atom. The molecule has 33 heavy (non-hydrogen) atoms. The van der Waals surface area contributed by atoms with Crippen LogP contribution in [-0.2, 0) is 17.9 Å². The smallest absolute Gasteiger partial charge is 0.255 e. The third-order valence-electron chi connectivity index (χ3n) is 5.45. The molecule has 4 rings (SSSR count). The lowest BCUT2D eigenvalue weighted by molar-refractivity contribution is -0.00546. The van der Waals surface area contributed by atoms with Gasteiger partial charge in [-0.2, -0.15) is 0 Å². The highest BCUT2D eigenvalue weighted by Crippen LogP contribution is 2.21. The number of pyridine rings is 1. The fourth-order valence-electron chi connectivity index (χ4n) is 3.87. The van der Waals surface area contributed by atoms with Gasteiger partial charge in [0.1, 0.15) is 18.2 Å². The molecule has 1 fully saturated rings. The second kappa shape index (κ2) is 10.7. The van der Waals surface area contributed by atoms with Crippen molar-refractivity contribution >= 4 is 23.3 Å². The normalized spacial score (nSPS) is 18.1. The van der Waals surface area contributed by atoms with E-state index in [1.807, 2.05) is 54.7 Å². The summed E-state index contributed by atoms with van der Waals surface area (Å²) >= 11 is 5.93. The van der Waals surface area contributed by atoms with E-state index in [1.54, 1.807) is 12.1 Å². The molecule has 0 bridgehead atoms. The van der Waals surface area contributed by atoms with Gasteiger partial charge < -0.3 is 19.7 Å². The summed E-state index contributed by atoms with van der Waals surface area (Å²) in [4.78, 5) is 19.7. The number of hydrogen-bond donors (Lipinski definition) is 1. The van der Waals surface area contributed by atoms with E-state index in [2.05, 4.69) is 29.0 Å². The first-order valence-electron chi connectivity index (χ1n) is 11.1. The first-order valence-corrected chi connectivity index (χ1v) is 11.5. The van der Waals surface area contributed by atoms with Crippen molar-refractivity contribution in [1.82, 2.24) is 10.3 Å². The van der Waals surface area contributed by atoms with Crippen molar-refractivity contribution in [2.75, 3.05) is 18.0 Å². The third kappa shape index (κ3) is 6.24. The molecule has 1 aliphatic rings. The number of aromatic nitrogens is 1. The van der Waals surface area contributed by atoms with Crippen molar-refractivity contribution in [1.29, 1.82) is 0 Å². The lowest BCUT2D eigenvalue weighted by Crippen LogP contribution is -2.45. The maximum atomic E-state index is 12.8. The largest absolute Gasteiger partial charge is 0.488 e. The number of halogens is 1. The fraction of sp³-hybridized carbons (Fsp3) is 0.308. The molecule has 2 unspecified atom stereocenters. The van der Waals surface area contributed by atoms with Crippen LogP contribution in [0.4, 0.5) is 5.82 Å². The summed E-state index contributed by atoms with van der Waals surface area (Å²) in [6, 6.07) is 18.7. The monoisotopic (exact) mass is 465 g/mol. The van der Waals surface area contributed by atoms with Crippen molar-refractivity contribution in [2.24, 2.45) is 0 Å². The Bertz CT molecular complexity index is 1060. The highest BCUT2D eigenvalue weighted by atomic mass is 35.5. The number of amides is 1. The van der Waals surface area contributed by atoms with Crippen LogP contribution in [0.5, 0.6) is 5.75 Å². The van der Waals surface area contributed by atoms with Gasteiger partial charge in [-0.3, -0.25) is 4.79 Å². The number of anilines is 1. The van der Waals surface area contributed by atoms with Gasteiger partial charge in [-0.15, -0.1) is 0 Å². The molecule has 1 saturated heterocycles. The van der Waals surface area contributed by atoms with Crippen LogP contribution in [0.15, 0.2) is 66.9 Å². The van der Waals surface area contributed by atoms with E-state index < -0.39 is 0 Å². The zero-order chi connectivity index (χ0) is 23.2. The van der Waals surface area contributed by atoms with Crippen LogP contribution in [0.2, 0.25) is 5.02 Å². The van der Waals surface area contributed by atoms with E-state index in [0.29, 0.717) is 29.5 Å². The SMILES string of the molecule is CC1CN(c2ccc(CNC(=O)c3ccccc3OCc3ccc(Cl)cc3)cn2)CC(C)O1. The summed E-state index contributed by atoms with van der Waals surface area (Å²) in [6.07, 6.45) is 2.16. The molecule has 1 N–H and O–H groups in total. The molecule has 2 atom stereocenters. The van der Waals surface area contributed by atoms with Crippen LogP contribution in [0, 0.1) is 0 Å². The van der Waals surface area contributed by atoms with Crippen LogP contribution >= 0.6 is 11.6 Å². The molecule has 2 heterocycles. The predicted octanol–water partition coefficient (Wildman–Crippen LogP) is 4.86. The molecule has 0 radical (unpaired) electrons. The number of ether oxygens (including phenoxy) is 2. The highest BCUT2D eigenvalue weighted by Gasteiger charge is 2.23. The van der Waals surface area contributed by atoms with Gasteiger partial charge in [0.2, 0.25) is 0 Å². The lowest BCUT2D eigenvalue weighted by Gasteiger charge is -2.36. The number of para-hydroxylation sites is 1. The average molecular weight is 466 g/mol. The Morgan fingerprint density at radius 1 is 1.06 bits per heavy atom. The first-order chi connectivity index (χ1) is 16.0. The van der Waals surface area contributed by atoms with Crippen molar-refractivity contribution in [3.8, 4) is 5.75 Å². The summed E-state index contributed by atoms with van der Waals surface area (Å²) in [6.45, 7) is 6.52. The number of morpholine rings is 1. The van der Waals surface area contributed by atoms with Gasteiger partial charge in [-0.25, -0.2) is 4.98 Å². The number of hydrogen-bond acceptors (Lipinski definition) is 5. The molecule has 6 nitrogen and oxygen atoms in total. The molecule has 0 spiro atoms. The fourth-order valence-corrected chi connectivity index (χ4v) is 4.00. The minimum atomic E-state index is -0.193. The summed E-state index contributed by atoms with van der Waals surface area (Å²) in [5, 5.41) is 3.64. The minimum Gasteiger partial charge on any atom is -0.488 e. The molecular formula is C26H28ClN3O3. The number of nitrogens with zero attached hydrogens (tertiary/aromatic N) is 2. The Kier molecular flexibility index (Phi) is 7.47. The minimum absolute atomic E-state index is 0.177. The number of benzene rings is 2. The second-order valence-electron chi connectivity index (χ2n) is 8.28. The molecule has 2 aromatic carbocycles. The molecule has 0 saturated carbocycles. The molecule has 0 aliphatic carbocycles. The van der Waals surface area contributed by atoms with Crippen molar-refractivity contribution in [3.63, 3.8) is 0 Å². The standard InChI is InChI=1S/C26H28ClN3O3/c1-18-15-30(16-19(2)33-18)25-12-9-21(13-28-25)14-29-26(31)23-5-3-4-6-24(23)32-17-20-7-10-22(27)11-8-20/h3-13,18-19H,14-17H2,1-2H3,(H,29,31). The summed E-state index contributed by atoms with van der Waals surface area (Å²) < 4.78 is 11.7. The molecule has 1 amide bonds. The van der Waals surface area contributed by atoms with E-state index >= 15 is 0 Å². The number of carbonyl (C=O) groups is 1. The van der Waals surface area contributed by atoms with E-state index in [0.717, 1.165) is 30.0 Å². The van der Waals surface area contributed by atoms with Crippen LogP contribution in [0.25, 0.3) is 0 Å². The van der Waals surface area contributed by atoms with Gasteiger partial charge in [0, 0.05) is 30.9 Å². The van der Waals surface area contributed by atoms with Crippen LogP contribution in [0.3, 0.4) is 0 Å². The number of carbonyl (C=O) groups excluding carboxylic acids is 1. The topological polar surface area (TPSA) is 63.7 Å². The predicted molar refractivity (Wildman–Crippen MR) is 130 cm³/mol. The maximum Gasteiger partial charge on any atom is 0.255 e. The Morgan fingerprint density at radius 2 is 1.76 bits per heavy atom. The highest BCUT2D eigenvalue weighted by molar-refractivity contribution is 6.30. The van der Waals surface area contributed by atoms with Crippen molar-refractivity contribution < 1.29 is 14.3 Å². The van der Waals surface area contributed by atoms with Gasteiger partial charge in [0.25, 0.3) is 5.91 Å². The average Bonchev–Trinajstić information content (AvgIpc) is 2.82. The second-order valence-corrected chi connectivity index (χ2v) is 8.72. The van der Waals surface area contributed by atoms with Gasteiger partial charge >= 0.3 is 0 Å². The Balaban J connectivity index is 1.34. The third-order valence-corrected chi connectivity index (χ3v) is 5.70. The van der Waals surface area contributed by atoms with Crippen LogP contribution in [0.1, 0.15) is 35.3 Å². The van der Waals surface area contributed by atoms with Gasteiger partial charge in [-0.1, -0.05) is 41.9 Å². The lowest BCUT2D eigenvalue weighted by atomic mass is 10.1. The summed E-state index contributed by atoms with van der Waals surface area (Å²) in [5.41, 5.74) is 2.40. The Hall–Kier alpha value is -3.09. The van der Waals surface area contributed by atoms with Crippen LogP contribution < -0.4 is 15.0 Å². The quantitative estimate of drug-likeness (QED) is 0.540. The van der Waals surface area contributed by atoms with Crippen molar-refractivity contribution in [3.05, 3.63) is 88.6 Å². The Labute approximate surface area is 199 Å². The van der Waals surface area contributed by atoms with Crippen molar-refractivity contribution in [2.45, 2.75) is 39.2 Å². The molecule has 172 valence electrons. The molecule has 1 aromatic heterocycles. The van der Waals surface area contributed by atoms with E-state index in [1.165, 1.54) is 0 Å². The molecule has 1 aliphatic heterocycles. The van der Waals surface area contributed by atoms with Gasteiger partial charge in [-0.05, 0) is 55.3 Å². The van der Waals surface area contributed by atoms with E-state index in [-0.39, 0.29) is 18.1 Å². The molecule has 7 heteroatoms. The summed E-state index contributed by atoms with van der Waals surface area (Å²) in [7, 11) is 0. The zero-order valence-electron chi connectivity index (χ0n) is 18.8. The van der Waals surface area contributed by atoms with E-state index in [4.69, 9.17) is 21.1 Å². The van der Waals surface area contributed by atoms with Gasteiger partial charge in [0.05, 0.1) is 17.8 Å². The maximum absolute atomic E-state index is 12.8. The molecular weight excluding hydrogens is 438 g/mol. The van der Waals surface area contributed by atoms with E-state index in [9.17, 15) is 4.79 Å². The molecule has 3 aromatic rings. The number of rotatable bonds is 7.